The van der Waals surface area contributed by atoms with Gasteiger partial charge in [0.1, 0.15) is 10.7 Å². The van der Waals surface area contributed by atoms with Crippen LogP contribution >= 0.6 is 11.3 Å². The zero-order chi connectivity index (χ0) is 15.1. The SMILES string of the molecule is CCNC(=O)c1sc2nc(C(C)(C)C)nc(C)c2c1C. The highest BCUT2D eigenvalue weighted by atomic mass is 32.1. The van der Waals surface area contributed by atoms with E-state index in [9.17, 15) is 4.79 Å². The number of rotatable bonds is 2. The predicted octanol–water partition coefficient (Wildman–Crippen LogP) is 3.36. The quantitative estimate of drug-likeness (QED) is 0.923. The fourth-order valence-electron chi connectivity index (χ4n) is 2.13. The molecule has 0 spiro atoms. The fraction of sp³-hybridized carbons (Fsp3) is 0.533. The van der Waals surface area contributed by atoms with E-state index in [-0.39, 0.29) is 11.3 Å². The van der Waals surface area contributed by atoms with Gasteiger partial charge in [0.05, 0.1) is 10.6 Å². The smallest absolute Gasteiger partial charge is 0.261 e. The van der Waals surface area contributed by atoms with Gasteiger partial charge in [-0.1, -0.05) is 20.8 Å². The molecule has 0 atom stereocenters. The first kappa shape index (κ1) is 14.9. The third-order valence-corrected chi connectivity index (χ3v) is 4.37. The summed E-state index contributed by atoms with van der Waals surface area (Å²) in [5, 5.41) is 3.87. The molecular weight excluding hydrogens is 270 g/mol. The molecule has 0 unspecified atom stereocenters. The molecule has 0 fully saturated rings. The monoisotopic (exact) mass is 291 g/mol. The Morgan fingerprint density at radius 2 is 1.90 bits per heavy atom. The molecule has 2 rings (SSSR count). The molecule has 0 bridgehead atoms. The van der Waals surface area contributed by atoms with Gasteiger partial charge in [0.2, 0.25) is 0 Å². The molecule has 0 aliphatic rings. The van der Waals surface area contributed by atoms with Crippen LogP contribution in [-0.2, 0) is 5.41 Å². The lowest BCUT2D eigenvalue weighted by molar-refractivity contribution is 0.0959. The maximum absolute atomic E-state index is 12.1. The molecule has 0 saturated carbocycles. The standard InChI is InChI=1S/C15H21N3OS/c1-7-16-12(19)11-8(2)10-9(3)17-14(15(4,5)6)18-13(10)20-11/h7H2,1-6H3,(H,16,19). The Labute approximate surface area is 123 Å². The Bertz CT molecular complexity index is 668. The number of amides is 1. The molecule has 4 nitrogen and oxygen atoms in total. The number of fused-ring (bicyclic) bond motifs is 1. The molecule has 2 heterocycles. The number of thiophene rings is 1. The number of hydrogen-bond donors (Lipinski definition) is 1. The van der Waals surface area contributed by atoms with Gasteiger partial charge in [-0.25, -0.2) is 9.97 Å². The van der Waals surface area contributed by atoms with Gasteiger partial charge < -0.3 is 5.32 Å². The lowest BCUT2D eigenvalue weighted by Gasteiger charge is -2.16. The normalized spacial score (nSPS) is 11.9. The first-order chi connectivity index (χ1) is 9.25. The Kier molecular flexibility index (Phi) is 3.82. The van der Waals surface area contributed by atoms with Crippen molar-refractivity contribution in [3.05, 3.63) is 22.0 Å². The summed E-state index contributed by atoms with van der Waals surface area (Å²) in [4.78, 5) is 23.0. The van der Waals surface area contributed by atoms with Crippen LogP contribution in [0.1, 0.15) is 54.4 Å². The molecule has 2 aromatic rings. The van der Waals surface area contributed by atoms with Crippen molar-refractivity contribution in [2.24, 2.45) is 0 Å². The first-order valence-corrected chi connectivity index (χ1v) is 7.63. The van der Waals surface area contributed by atoms with Crippen molar-refractivity contribution in [2.45, 2.75) is 47.0 Å². The molecule has 20 heavy (non-hydrogen) atoms. The van der Waals surface area contributed by atoms with E-state index in [1.165, 1.54) is 11.3 Å². The van der Waals surface area contributed by atoms with Gasteiger partial charge in [0.25, 0.3) is 5.91 Å². The third-order valence-electron chi connectivity index (χ3n) is 3.19. The van der Waals surface area contributed by atoms with Crippen LogP contribution in [0.15, 0.2) is 0 Å². The maximum Gasteiger partial charge on any atom is 0.261 e. The number of carbonyl (C=O) groups is 1. The number of aryl methyl sites for hydroxylation is 2. The average Bonchev–Trinajstić information content (AvgIpc) is 2.66. The van der Waals surface area contributed by atoms with Gasteiger partial charge in [-0.2, -0.15) is 0 Å². The van der Waals surface area contributed by atoms with E-state index in [2.05, 4.69) is 36.1 Å². The van der Waals surface area contributed by atoms with Crippen molar-refractivity contribution in [2.75, 3.05) is 6.54 Å². The molecular formula is C15H21N3OS. The summed E-state index contributed by atoms with van der Waals surface area (Å²) in [6.07, 6.45) is 0. The van der Waals surface area contributed by atoms with Crippen molar-refractivity contribution in [1.29, 1.82) is 0 Å². The number of nitrogens with one attached hydrogen (secondary N) is 1. The van der Waals surface area contributed by atoms with Crippen LogP contribution in [0.25, 0.3) is 10.2 Å². The predicted molar refractivity (Wildman–Crippen MR) is 83.6 cm³/mol. The van der Waals surface area contributed by atoms with Crippen LogP contribution in [0, 0.1) is 13.8 Å². The molecule has 1 amide bonds. The molecule has 0 aliphatic carbocycles. The van der Waals surface area contributed by atoms with Gasteiger partial charge >= 0.3 is 0 Å². The number of carbonyl (C=O) groups excluding carboxylic acids is 1. The molecule has 0 radical (unpaired) electrons. The van der Waals surface area contributed by atoms with E-state index in [1.807, 2.05) is 20.8 Å². The minimum absolute atomic E-state index is 0.0234. The minimum Gasteiger partial charge on any atom is -0.352 e. The molecule has 2 aromatic heterocycles. The maximum atomic E-state index is 12.1. The van der Waals surface area contributed by atoms with Crippen LogP contribution in [0.3, 0.4) is 0 Å². The van der Waals surface area contributed by atoms with Crippen LogP contribution in [-0.4, -0.2) is 22.4 Å². The summed E-state index contributed by atoms with van der Waals surface area (Å²) in [6, 6.07) is 0. The van der Waals surface area contributed by atoms with Gasteiger partial charge in [-0.3, -0.25) is 4.79 Å². The van der Waals surface area contributed by atoms with E-state index in [0.717, 1.165) is 32.2 Å². The zero-order valence-electron chi connectivity index (χ0n) is 12.9. The Hall–Kier alpha value is -1.49. The molecule has 0 saturated heterocycles. The second-order valence-corrected chi connectivity index (χ2v) is 6.98. The van der Waals surface area contributed by atoms with Crippen molar-refractivity contribution in [3.8, 4) is 0 Å². The lowest BCUT2D eigenvalue weighted by atomic mass is 9.95. The van der Waals surface area contributed by atoms with Crippen molar-refractivity contribution >= 4 is 27.5 Å². The van der Waals surface area contributed by atoms with Crippen LogP contribution < -0.4 is 5.32 Å². The topological polar surface area (TPSA) is 54.9 Å². The summed E-state index contributed by atoms with van der Waals surface area (Å²) in [5.41, 5.74) is 1.83. The summed E-state index contributed by atoms with van der Waals surface area (Å²) in [7, 11) is 0. The Morgan fingerprint density at radius 1 is 1.25 bits per heavy atom. The highest BCUT2D eigenvalue weighted by Crippen LogP contribution is 2.33. The van der Waals surface area contributed by atoms with Gasteiger partial charge in [-0.05, 0) is 26.3 Å². The molecule has 0 aromatic carbocycles. The summed E-state index contributed by atoms with van der Waals surface area (Å²) in [5.74, 6) is 0.802. The zero-order valence-corrected chi connectivity index (χ0v) is 13.7. The van der Waals surface area contributed by atoms with Crippen molar-refractivity contribution in [1.82, 2.24) is 15.3 Å². The summed E-state index contributed by atoms with van der Waals surface area (Å²) in [6.45, 7) is 12.8. The highest BCUT2D eigenvalue weighted by molar-refractivity contribution is 7.20. The van der Waals surface area contributed by atoms with Crippen LogP contribution in [0.2, 0.25) is 0 Å². The summed E-state index contributed by atoms with van der Waals surface area (Å²) < 4.78 is 0. The highest BCUT2D eigenvalue weighted by Gasteiger charge is 2.23. The molecule has 1 N–H and O–H groups in total. The largest absolute Gasteiger partial charge is 0.352 e. The van der Waals surface area contributed by atoms with Crippen molar-refractivity contribution in [3.63, 3.8) is 0 Å². The van der Waals surface area contributed by atoms with Crippen LogP contribution in [0.5, 0.6) is 0 Å². The van der Waals surface area contributed by atoms with E-state index >= 15 is 0 Å². The van der Waals surface area contributed by atoms with Crippen molar-refractivity contribution < 1.29 is 4.79 Å². The van der Waals surface area contributed by atoms with Crippen LogP contribution in [0.4, 0.5) is 0 Å². The second-order valence-electron chi connectivity index (χ2n) is 5.98. The first-order valence-electron chi connectivity index (χ1n) is 6.82. The van der Waals surface area contributed by atoms with Gasteiger partial charge in [0, 0.05) is 17.3 Å². The second kappa shape index (κ2) is 5.13. The third kappa shape index (κ3) is 2.54. The fourth-order valence-corrected chi connectivity index (χ4v) is 3.28. The van der Waals surface area contributed by atoms with E-state index in [4.69, 9.17) is 0 Å². The lowest BCUT2D eigenvalue weighted by Crippen LogP contribution is -2.22. The minimum atomic E-state index is -0.0946. The van der Waals surface area contributed by atoms with E-state index < -0.39 is 0 Å². The molecule has 5 heteroatoms. The number of aromatic nitrogens is 2. The Balaban J connectivity index is 2.65. The summed E-state index contributed by atoms with van der Waals surface area (Å²) >= 11 is 1.45. The molecule has 0 aliphatic heterocycles. The average molecular weight is 291 g/mol. The van der Waals surface area contributed by atoms with E-state index in [1.54, 1.807) is 0 Å². The number of nitrogens with zero attached hydrogens (tertiary/aromatic N) is 2. The number of hydrogen-bond acceptors (Lipinski definition) is 4. The van der Waals surface area contributed by atoms with E-state index in [0.29, 0.717) is 6.54 Å². The Morgan fingerprint density at radius 3 is 2.45 bits per heavy atom. The molecule has 108 valence electrons. The van der Waals surface area contributed by atoms with Gasteiger partial charge in [0.15, 0.2) is 0 Å². The van der Waals surface area contributed by atoms with Gasteiger partial charge in [-0.15, -0.1) is 11.3 Å².